The van der Waals surface area contributed by atoms with Crippen LogP contribution in [0.4, 0.5) is 17.5 Å². The van der Waals surface area contributed by atoms with Crippen molar-refractivity contribution in [1.82, 2.24) is 15.0 Å². The standard InChI is InChI=1S/C20H25N5/c1-4-8-16-14-19(25(5-2)6-3)24-20(22-16)23-17-10-11-18-15(13-17)9-7-12-21-18/h7,9-14H,4-6,8H2,1-3H3,(H,22,23,24). The molecule has 0 aliphatic heterocycles. The van der Waals surface area contributed by atoms with E-state index in [1.807, 2.05) is 24.4 Å². The Kier molecular flexibility index (Phi) is 5.43. The Hall–Kier alpha value is -2.69. The van der Waals surface area contributed by atoms with E-state index in [2.05, 4.69) is 59.2 Å². The zero-order chi connectivity index (χ0) is 17.6. The highest BCUT2D eigenvalue weighted by atomic mass is 15.2. The minimum Gasteiger partial charge on any atom is -0.357 e. The first kappa shape index (κ1) is 17.1. The minimum absolute atomic E-state index is 0.649. The molecular weight excluding hydrogens is 310 g/mol. The second-order valence-corrected chi connectivity index (χ2v) is 6.00. The summed E-state index contributed by atoms with van der Waals surface area (Å²) in [6.45, 7) is 8.33. The van der Waals surface area contributed by atoms with Gasteiger partial charge in [0.1, 0.15) is 5.82 Å². The van der Waals surface area contributed by atoms with Crippen molar-refractivity contribution >= 4 is 28.4 Å². The maximum absolute atomic E-state index is 4.72. The van der Waals surface area contributed by atoms with Crippen LogP contribution in [0.5, 0.6) is 0 Å². The van der Waals surface area contributed by atoms with E-state index in [0.29, 0.717) is 5.95 Å². The van der Waals surface area contributed by atoms with Gasteiger partial charge in [-0.3, -0.25) is 4.98 Å². The third kappa shape index (κ3) is 4.05. The number of nitrogens with zero attached hydrogens (tertiary/aromatic N) is 4. The fourth-order valence-electron chi connectivity index (χ4n) is 2.92. The molecule has 25 heavy (non-hydrogen) atoms. The molecule has 0 saturated carbocycles. The molecule has 1 N–H and O–H groups in total. The van der Waals surface area contributed by atoms with Gasteiger partial charge in [0.25, 0.3) is 0 Å². The van der Waals surface area contributed by atoms with Crippen molar-refractivity contribution in [2.24, 2.45) is 0 Å². The van der Waals surface area contributed by atoms with Crippen molar-refractivity contribution in [3.63, 3.8) is 0 Å². The Morgan fingerprint density at radius 1 is 1.00 bits per heavy atom. The molecule has 0 atom stereocenters. The van der Waals surface area contributed by atoms with Crippen LogP contribution in [0.15, 0.2) is 42.6 Å². The minimum atomic E-state index is 0.649. The number of pyridine rings is 1. The van der Waals surface area contributed by atoms with Crippen molar-refractivity contribution in [3.05, 3.63) is 48.3 Å². The number of aromatic nitrogens is 3. The highest BCUT2D eigenvalue weighted by molar-refractivity contribution is 5.82. The topological polar surface area (TPSA) is 53.9 Å². The van der Waals surface area contributed by atoms with Gasteiger partial charge in [-0.15, -0.1) is 0 Å². The molecule has 3 aromatic rings. The van der Waals surface area contributed by atoms with Gasteiger partial charge in [0, 0.05) is 42.1 Å². The summed E-state index contributed by atoms with van der Waals surface area (Å²) in [6, 6.07) is 12.2. The molecule has 0 unspecified atom stereocenters. The number of anilines is 3. The molecule has 0 amide bonds. The van der Waals surface area contributed by atoms with Gasteiger partial charge in [0.15, 0.2) is 0 Å². The van der Waals surface area contributed by atoms with Crippen LogP contribution in [0.1, 0.15) is 32.9 Å². The number of hydrogen-bond donors (Lipinski definition) is 1. The Bertz CT molecular complexity index is 842. The van der Waals surface area contributed by atoms with Gasteiger partial charge < -0.3 is 10.2 Å². The third-order valence-corrected chi connectivity index (χ3v) is 4.22. The van der Waals surface area contributed by atoms with Crippen LogP contribution < -0.4 is 10.2 Å². The highest BCUT2D eigenvalue weighted by Gasteiger charge is 2.09. The summed E-state index contributed by atoms with van der Waals surface area (Å²) in [5, 5.41) is 4.46. The molecule has 2 aromatic heterocycles. The molecule has 0 aliphatic carbocycles. The van der Waals surface area contributed by atoms with E-state index in [0.717, 1.165) is 54.0 Å². The second kappa shape index (κ2) is 7.92. The number of aryl methyl sites for hydroxylation is 1. The quantitative estimate of drug-likeness (QED) is 0.685. The van der Waals surface area contributed by atoms with Crippen LogP contribution in [0.25, 0.3) is 10.9 Å². The lowest BCUT2D eigenvalue weighted by Crippen LogP contribution is -2.23. The predicted molar refractivity (Wildman–Crippen MR) is 105 cm³/mol. The fourth-order valence-corrected chi connectivity index (χ4v) is 2.92. The van der Waals surface area contributed by atoms with Gasteiger partial charge >= 0.3 is 0 Å². The van der Waals surface area contributed by atoms with E-state index in [1.165, 1.54) is 0 Å². The van der Waals surface area contributed by atoms with Gasteiger partial charge in [-0.1, -0.05) is 19.4 Å². The van der Waals surface area contributed by atoms with Gasteiger partial charge in [0.05, 0.1) is 5.52 Å². The molecule has 5 heteroatoms. The lowest BCUT2D eigenvalue weighted by atomic mass is 10.2. The monoisotopic (exact) mass is 335 g/mol. The zero-order valence-electron chi connectivity index (χ0n) is 15.2. The molecule has 0 aliphatic rings. The first-order valence-corrected chi connectivity index (χ1v) is 8.98. The van der Waals surface area contributed by atoms with Crippen LogP contribution in [0.3, 0.4) is 0 Å². The van der Waals surface area contributed by atoms with Crippen LogP contribution in [0, 0.1) is 0 Å². The zero-order valence-corrected chi connectivity index (χ0v) is 15.2. The molecule has 1 aromatic carbocycles. The molecular formula is C20H25N5. The SMILES string of the molecule is CCCc1cc(N(CC)CC)nc(Nc2ccc3ncccc3c2)n1. The predicted octanol–water partition coefficient (Wildman–Crippen LogP) is 4.57. The van der Waals surface area contributed by atoms with Gasteiger partial charge in [0.2, 0.25) is 5.95 Å². The third-order valence-electron chi connectivity index (χ3n) is 4.22. The van der Waals surface area contributed by atoms with Crippen LogP contribution in [-0.4, -0.2) is 28.0 Å². The summed E-state index contributed by atoms with van der Waals surface area (Å²) in [7, 11) is 0. The molecule has 130 valence electrons. The van der Waals surface area contributed by atoms with Crippen molar-refractivity contribution in [1.29, 1.82) is 0 Å². The molecule has 5 nitrogen and oxygen atoms in total. The maximum atomic E-state index is 4.72. The van der Waals surface area contributed by atoms with E-state index in [9.17, 15) is 0 Å². The van der Waals surface area contributed by atoms with Gasteiger partial charge in [-0.05, 0) is 44.5 Å². The molecule has 0 saturated heterocycles. The van der Waals surface area contributed by atoms with Crippen LogP contribution in [-0.2, 0) is 6.42 Å². The summed E-state index contributed by atoms with van der Waals surface area (Å²) in [5.41, 5.74) is 3.03. The Labute approximate surface area is 149 Å². The summed E-state index contributed by atoms with van der Waals surface area (Å²) < 4.78 is 0. The summed E-state index contributed by atoms with van der Waals surface area (Å²) in [4.78, 5) is 16.0. The Morgan fingerprint density at radius 2 is 1.84 bits per heavy atom. The molecule has 3 rings (SSSR count). The average Bonchev–Trinajstić information content (AvgIpc) is 2.63. The lowest BCUT2D eigenvalue weighted by Gasteiger charge is -2.21. The number of nitrogens with one attached hydrogen (secondary N) is 1. The van der Waals surface area contributed by atoms with Crippen molar-refractivity contribution in [3.8, 4) is 0 Å². The van der Waals surface area contributed by atoms with E-state index in [1.54, 1.807) is 0 Å². The fraction of sp³-hybridized carbons (Fsp3) is 0.350. The molecule has 0 fully saturated rings. The summed E-state index contributed by atoms with van der Waals surface area (Å²) in [6.07, 6.45) is 3.83. The first-order chi connectivity index (χ1) is 12.2. The van der Waals surface area contributed by atoms with E-state index in [-0.39, 0.29) is 0 Å². The Balaban J connectivity index is 1.93. The van der Waals surface area contributed by atoms with Gasteiger partial charge in [-0.25, -0.2) is 4.98 Å². The maximum Gasteiger partial charge on any atom is 0.229 e. The second-order valence-electron chi connectivity index (χ2n) is 6.00. The van der Waals surface area contributed by atoms with Crippen molar-refractivity contribution < 1.29 is 0 Å². The average molecular weight is 335 g/mol. The molecule has 0 spiro atoms. The van der Waals surface area contributed by atoms with Crippen LogP contribution >= 0.6 is 0 Å². The Morgan fingerprint density at radius 3 is 2.60 bits per heavy atom. The largest absolute Gasteiger partial charge is 0.357 e. The molecule has 2 heterocycles. The first-order valence-electron chi connectivity index (χ1n) is 8.98. The van der Waals surface area contributed by atoms with E-state index >= 15 is 0 Å². The van der Waals surface area contributed by atoms with Crippen molar-refractivity contribution in [2.75, 3.05) is 23.3 Å². The van der Waals surface area contributed by atoms with E-state index < -0.39 is 0 Å². The van der Waals surface area contributed by atoms with E-state index in [4.69, 9.17) is 4.98 Å². The molecule has 0 radical (unpaired) electrons. The smallest absolute Gasteiger partial charge is 0.229 e. The number of rotatable bonds is 7. The van der Waals surface area contributed by atoms with Gasteiger partial charge in [-0.2, -0.15) is 4.98 Å². The highest BCUT2D eigenvalue weighted by Crippen LogP contribution is 2.22. The molecule has 0 bridgehead atoms. The van der Waals surface area contributed by atoms with Crippen molar-refractivity contribution in [2.45, 2.75) is 33.6 Å². The van der Waals surface area contributed by atoms with Crippen LogP contribution in [0.2, 0.25) is 0 Å². The number of benzene rings is 1. The lowest BCUT2D eigenvalue weighted by molar-refractivity contribution is 0.824. The summed E-state index contributed by atoms with van der Waals surface area (Å²) >= 11 is 0. The number of hydrogen-bond acceptors (Lipinski definition) is 5. The number of fused-ring (bicyclic) bond motifs is 1. The summed E-state index contributed by atoms with van der Waals surface area (Å²) in [5.74, 6) is 1.63. The normalized spacial score (nSPS) is 10.8.